The van der Waals surface area contributed by atoms with Crippen molar-refractivity contribution in [3.63, 3.8) is 0 Å². The van der Waals surface area contributed by atoms with Crippen LogP contribution in [0.2, 0.25) is 0 Å². The summed E-state index contributed by atoms with van der Waals surface area (Å²) in [6, 6.07) is 4.61. The lowest BCUT2D eigenvalue weighted by molar-refractivity contribution is -0.149. The van der Waals surface area contributed by atoms with Gasteiger partial charge in [0.15, 0.2) is 0 Å². The molecule has 1 aliphatic heterocycles. The van der Waals surface area contributed by atoms with Gasteiger partial charge in [-0.05, 0) is 36.8 Å². The predicted molar refractivity (Wildman–Crippen MR) is 131 cm³/mol. The SMILES string of the molecule is CSCCC(N)C(=O)NC(CC(N)=O)C(=O)NC(Cc1ccccc1)C(=O)N1CCCC1C(=O)O. The predicted octanol–water partition coefficient (Wildman–Crippen LogP) is -0.770. The van der Waals surface area contributed by atoms with E-state index < -0.39 is 60.2 Å². The summed E-state index contributed by atoms with van der Waals surface area (Å²) >= 11 is 1.51. The molecule has 1 fully saturated rings. The molecule has 0 saturated carbocycles. The Bertz CT molecular complexity index is 915. The quantitative estimate of drug-likeness (QED) is 0.230. The molecule has 12 heteroatoms. The van der Waals surface area contributed by atoms with Crippen LogP contribution in [0.3, 0.4) is 0 Å². The molecule has 0 radical (unpaired) electrons. The number of nitrogens with two attached hydrogens (primary N) is 2. The van der Waals surface area contributed by atoms with Gasteiger partial charge in [0.25, 0.3) is 0 Å². The molecule has 4 atom stereocenters. The summed E-state index contributed by atoms with van der Waals surface area (Å²) in [5.74, 6) is -3.24. The molecular formula is C23H33N5O6S. The number of hydrogen-bond donors (Lipinski definition) is 5. The van der Waals surface area contributed by atoms with E-state index in [2.05, 4.69) is 10.6 Å². The van der Waals surface area contributed by atoms with E-state index in [0.29, 0.717) is 25.0 Å². The number of carboxylic acids is 1. The van der Waals surface area contributed by atoms with E-state index >= 15 is 0 Å². The summed E-state index contributed by atoms with van der Waals surface area (Å²) in [6.07, 6.45) is 2.70. The second-order valence-corrected chi connectivity index (χ2v) is 9.38. The molecule has 0 spiro atoms. The molecule has 0 aromatic heterocycles. The molecule has 1 heterocycles. The van der Waals surface area contributed by atoms with Gasteiger partial charge >= 0.3 is 5.97 Å². The minimum absolute atomic E-state index is 0.0960. The maximum absolute atomic E-state index is 13.3. The van der Waals surface area contributed by atoms with E-state index in [0.717, 1.165) is 5.56 Å². The standard InChI is InChI=1S/C23H33N5O6S/c1-35-11-9-15(24)20(30)26-16(13-19(25)29)21(31)27-17(12-14-6-3-2-4-7-14)22(32)28-10-5-8-18(28)23(33)34/h2-4,6-7,15-18H,5,8-13,24H2,1H3,(H2,25,29)(H,26,30)(H,27,31)(H,33,34). The van der Waals surface area contributed by atoms with E-state index in [-0.39, 0.29) is 13.0 Å². The number of hydrogen-bond acceptors (Lipinski definition) is 7. The van der Waals surface area contributed by atoms with Crippen LogP contribution in [0.5, 0.6) is 0 Å². The number of aliphatic carboxylic acids is 1. The summed E-state index contributed by atoms with van der Waals surface area (Å²) in [5.41, 5.74) is 11.9. The number of benzene rings is 1. The van der Waals surface area contributed by atoms with Crippen LogP contribution < -0.4 is 22.1 Å². The van der Waals surface area contributed by atoms with Gasteiger partial charge in [-0.3, -0.25) is 19.2 Å². The first-order valence-electron chi connectivity index (χ1n) is 11.3. The Morgan fingerprint density at radius 3 is 2.37 bits per heavy atom. The normalized spacial score (nSPS) is 17.8. The van der Waals surface area contributed by atoms with Gasteiger partial charge in [0, 0.05) is 13.0 Å². The number of carbonyl (C=O) groups excluding carboxylic acids is 4. The Balaban J connectivity index is 2.23. The van der Waals surface area contributed by atoms with Crippen LogP contribution in [-0.2, 0) is 30.4 Å². The zero-order chi connectivity index (χ0) is 26.0. The van der Waals surface area contributed by atoms with Crippen LogP contribution in [0.15, 0.2) is 30.3 Å². The number of carbonyl (C=O) groups is 5. The monoisotopic (exact) mass is 507 g/mol. The Kier molecular flexibility index (Phi) is 11.0. The minimum Gasteiger partial charge on any atom is -0.480 e. The van der Waals surface area contributed by atoms with Crippen LogP contribution in [0.1, 0.15) is 31.2 Å². The molecule has 2 rings (SSSR count). The summed E-state index contributed by atoms with van der Waals surface area (Å²) in [7, 11) is 0. The first kappa shape index (κ1) is 28.1. The highest BCUT2D eigenvalue weighted by molar-refractivity contribution is 7.98. The molecule has 4 amide bonds. The molecule has 192 valence electrons. The first-order valence-corrected chi connectivity index (χ1v) is 12.7. The van der Waals surface area contributed by atoms with E-state index in [1.165, 1.54) is 16.7 Å². The molecule has 1 aliphatic rings. The van der Waals surface area contributed by atoms with Crippen LogP contribution >= 0.6 is 11.8 Å². The molecule has 35 heavy (non-hydrogen) atoms. The molecule has 1 aromatic carbocycles. The number of likely N-dealkylation sites (tertiary alicyclic amines) is 1. The fourth-order valence-corrected chi connectivity index (χ4v) is 4.36. The third kappa shape index (κ3) is 8.55. The van der Waals surface area contributed by atoms with Crippen LogP contribution in [0.4, 0.5) is 0 Å². The Hall–Kier alpha value is -3.12. The van der Waals surface area contributed by atoms with Crippen molar-refractivity contribution in [3.8, 4) is 0 Å². The highest BCUT2D eigenvalue weighted by atomic mass is 32.2. The smallest absolute Gasteiger partial charge is 0.326 e. The van der Waals surface area contributed by atoms with Gasteiger partial charge in [0.05, 0.1) is 12.5 Å². The number of rotatable bonds is 13. The number of amides is 4. The molecule has 4 unspecified atom stereocenters. The minimum atomic E-state index is -1.33. The van der Waals surface area contributed by atoms with E-state index in [1.807, 2.05) is 6.26 Å². The third-order valence-corrected chi connectivity index (χ3v) is 6.37. The maximum atomic E-state index is 13.3. The van der Waals surface area contributed by atoms with Crippen molar-refractivity contribution < 1.29 is 29.1 Å². The van der Waals surface area contributed by atoms with Crippen molar-refractivity contribution in [2.24, 2.45) is 11.5 Å². The molecule has 7 N–H and O–H groups in total. The second-order valence-electron chi connectivity index (χ2n) is 8.40. The van der Waals surface area contributed by atoms with Crippen molar-refractivity contribution in [2.45, 2.75) is 56.3 Å². The highest BCUT2D eigenvalue weighted by Crippen LogP contribution is 2.20. The molecule has 1 saturated heterocycles. The van der Waals surface area contributed by atoms with Gasteiger partial charge in [-0.1, -0.05) is 30.3 Å². The van der Waals surface area contributed by atoms with Crippen molar-refractivity contribution in [3.05, 3.63) is 35.9 Å². The van der Waals surface area contributed by atoms with Crippen molar-refractivity contribution in [2.75, 3.05) is 18.6 Å². The highest BCUT2D eigenvalue weighted by Gasteiger charge is 2.38. The number of carboxylic acid groups (broad SMARTS) is 1. The van der Waals surface area contributed by atoms with Gasteiger partial charge in [0.2, 0.25) is 23.6 Å². The lowest BCUT2D eigenvalue weighted by atomic mass is 10.0. The molecule has 0 aliphatic carbocycles. The summed E-state index contributed by atoms with van der Waals surface area (Å²) in [6.45, 7) is 0.253. The van der Waals surface area contributed by atoms with Crippen molar-refractivity contribution in [1.29, 1.82) is 0 Å². The van der Waals surface area contributed by atoms with Gasteiger partial charge in [0.1, 0.15) is 18.1 Å². The van der Waals surface area contributed by atoms with E-state index in [9.17, 15) is 29.1 Å². The average molecular weight is 508 g/mol. The van der Waals surface area contributed by atoms with Crippen LogP contribution in [0, 0.1) is 0 Å². The lowest BCUT2D eigenvalue weighted by Gasteiger charge is -2.29. The lowest BCUT2D eigenvalue weighted by Crippen LogP contribution is -2.58. The van der Waals surface area contributed by atoms with Crippen molar-refractivity contribution >= 4 is 41.4 Å². The molecule has 11 nitrogen and oxygen atoms in total. The van der Waals surface area contributed by atoms with Gasteiger partial charge in [-0.2, -0.15) is 11.8 Å². The van der Waals surface area contributed by atoms with E-state index in [1.54, 1.807) is 30.3 Å². The third-order valence-electron chi connectivity index (χ3n) is 5.73. The van der Waals surface area contributed by atoms with Gasteiger partial charge in [-0.25, -0.2) is 4.79 Å². The molecule has 1 aromatic rings. The Labute approximate surface area is 208 Å². The van der Waals surface area contributed by atoms with Gasteiger partial charge in [-0.15, -0.1) is 0 Å². The molecular weight excluding hydrogens is 474 g/mol. The van der Waals surface area contributed by atoms with E-state index in [4.69, 9.17) is 11.5 Å². The van der Waals surface area contributed by atoms with Crippen molar-refractivity contribution in [1.82, 2.24) is 15.5 Å². The topological polar surface area (TPSA) is 185 Å². The zero-order valence-electron chi connectivity index (χ0n) is 19.6. The summed E-state index contributed by atoms with van der Waals surface area (Å²) < 4.78 is 0. The number of nitrogens with one attached hydrogen (secondary N) is 2. The Morgan fingerprint density at radius 1 is 1.11 bits per heavy atom. The fraction of sp³-hybridized carbons (Fsp3) is 0.522. The van der Waals surface area contributed by atoms with Crippen LogP contribution in [-0.4, -0.2) is 82.3 Å². The summed E-state index contributed by atoms with van der Waals surface area (Å²) in [5, 5.41) is 14.6. The van der Waals surface area contributed by atoms with Crippen LogP contribution in [0.25, 0.3) is 0 Å². The fourth-order valence-electron chi connectivity index (χ4n) is 3.87. The number of nitrogens with zero attached hydrogens (tertiary/aromatic N) is 1. The average Bonchev–Trinajstić information content (AvgIpc) is 3.32. The zero-order valence-corrected chi connectivity index (χ0v) is 20.5. The number of thioether (sulfide) groups is 1. The van der Waals surface area contributed by atoms with Gasteiger partial charge < -0.3 is 32.1 Å². The second kappa shape index (κ2) is 13.7. The largest absolute Gasteiger partial charge is 0.480 e. The maximum Gasteiger partial charge on any atom is 0.326 e. The summed E-state index contributed by atoms with van der Waals surface area (Å²) in [4.78, 5) is 63.4. The molecule has 0 bridgehead atoms. The Morgan fingerprint density at radius 2 is 1.77 bits per heavy atom. The first-order chi connectivity index (χ1) is 16.6. The number of primary amides is 1.